The summed E-state index contributed by atoms with van der Waals surface area (Å²) in [6.07, 6.45) is 5.58. The fourth-order valence-electron chi connectivity index (χ4n) is 8.36. The van der Waals surface area contributed by atoms with E-state index in [4.69, 9.17) is 14.2 Å². The molecule has 7 unspecified atom stereocenters. The minimum Gasteiger partial charge on any atom is -0.497 e. The summed E-state index contributed by atoms with van der Waals surface area (Å²) in [5.74, 6) is -2.12. The van der Waals surface area contributed by atoms with Crippen molar-refractivity contribution in [1.29, 1.82) is 0 Å². The molecule has 14 nitrogen and oxygen atoms in total. The maximum Gasteiger partial charge on any atom is 0.408 e. The van der Waals surface area contributed by atoms with Crippen molar-refractivity contribution < 1.29 is 46.2 Å². The third kappa shape index (κ3) is 9.21. The molecule has 0 bridgehead atoms. The highest BCUT2D eigenvalue weighted by Gasteiger charge is 2.63. The van der Waals surface area contributed by atoms with Crippen LogP contribution in [0.4, 0.5) is 9.18 Å². The van der Waals surface area contributed by atoms with Crippen molar-refractivity contribution in [3.63, 3.8) is 0 Å². The first-order valence-corrected chi connectivity index (χ1v) is 22.3. The molecule has 1 aromatic carbocycles. The standard InChI is InChI=1S/C42H58FN5O9S/c1-7-8-14-19-58(53,54)47-39(51)42-21-28(42)15-12-10-9-11-13-16-33(45-40(52)56-27(5)25(2)3)38(50)48-24-41(23-34(48)37(49)46-42)22-31(43)35-30-20-29(55-6)17-18-32(30)44-26(4)36(35)57-41/h12,15,17-18,20,25,27-28,31,33-34H,7-11,13-14,16,19,21-24H2,1-6H3,(H,45,52)(H,46,49)(H,47,51). The van der Waals surface area contributed by atoms with Crippen LogP contribution in [0.25, 0.3) is 10.9 Å². The number of allylic oxidation sites excluding steroid dienone is 1. The zero-order valence-corrected chi connectivity index (χ0v) is 35.2. The van der Waals surface area contributed by atoms with Crippen molar-refractivity contribution in [3.8, 4) is 11.5 Å². The highest BCUT2D eigenvalue weighted by molar-refractivity contribution is 7.90. The van der Waals surface area contributed by atoms with Crippen molar-refractivity contribution in [2.75, 3.05) is 19.4 Å². The van der Waals surface area contributed by atoms with Crippen molar-refractivity contribution in [3.05, 3.63) is 41.6 Å². The average Bonchev–Trinajstić information content (AvgIpc) is 3.74. The highest BCUT2D eigenvalue weighted by Crippen LogP contribution is 2.51. The van der Waals surface area contributed by atoms with Crippen LogP contribution in [-0.4, -0.2) is 90.9 Å². The predicted molar refractivity (Wildman–Crippen MR) is 215 cm³/mol. The van der Waals surface area contributed by atoms with Gasteiger partial charge in [-0.25, -0.2) is 22.6 Å². The van der Waals surface area contributed by atoms with E-state index in [9.17, 15) is 27.6 Å². The number of nitrogens with zero attached hydrogens (tertiary/aromatic N) is 2. The zero-order chi connectivity index (χ0) is 42.0. The fraction of sp³-hybridized carbons (Fsp3) is 0.643. The number of methoxy groups -OCH3 is 1. The molecule has 1 spiro atoms. The lowest BCUT2D eigenvalue weighted by Gasteiger charge is -2.38. The predicted octanol–water partition coefficient (Wildman–Crippen LogP) is 5.86. The SMILES string of the molecule is CCCCCS(=O)(=O)NC(=O)C12CC1C=CCCCCCC(NC(=O)OC(C)C(C)C)C(=O)N1CC3(CC(F)c4c(c(C)nc5ccc(OC)cc45)O3)CC1C(=O)N2. The summed E-state index contributed by atoms with van der Waals surface area (Å²) in [5, 5.41) is 6.14. The number of unbranched alkanes of at least 4 members (excludes halogenated alkanes) is 2. The van der Waals surface area contributed by atoms with Crippen molar-refractivity contribution >= 4 is 44.7 Å². The number of hydrogen-bond acceptors (Lipinski definition) is 10. The van der Waals surface area contributed by atoms with E-state index < -0.39 is 75.3 Å². The van der Waals surface area contributed by atoms with Crippen LogP contribution < -0.4 is 24.8 Å². The van der Waals surface area contributed by atoms with Gasteiger partial charge < -0.3 is 29.7 Å². The molecule has 1 aromatic heterocycles. The molecule has 6 rings (SSSR count). The van der Waals surface area contributed by atoms with E-state index in [1.54, 1.807) is 32.0 Å². The molecule has 1 aliphatic carbocycles. The lowest BCUT2D eigenvalue weighted by molar-refractivity contribution is -0.141. The fourth-order valence-corrected chi connectivity index (χ4v) is 9.51. The molecule has 2 fully saturated rings. The average molecular weight is 828 g/mol. The van der Waals surface area contributed by atoms with Crippen LogP contribution in [0.3, 0.4) is 0 Å². The Morgan fingerprint density at radius 2 is 1.90 bits per heavy atom. The Bertz CT molecular complexity index is 2050. The minimum absolute atomic E-state index is 0.0205. The second-order valence-electron chi connectivity index (χ2n) is 16.8. The summed E-state index contributed by atoms with van der Waals surface area (Å²) in [5.41, 5.74) is -1.70. The maximum absolute atomic E-state index is 16.8. The summed E-state index contributed by atoms with van der Waals surface area (Å²) in [7, 11) is -2.49. The third-order valence-corrected chi connectivity index (χ3v) is 13.4. The summed E-state index contributed by atoms with van der Waals surface area (Å²) in [4.78, 5) is 62.6. The molecule has 16 heteroatoms. The van der Waals surface area contributed by atoms with Gasteiger partial charge in [-0.05, 0) is 70.1 Å². The number of hydrogen-bond donors (Lipinski definition) is 3. The molecular formula is C42H58FN5O9S. The number of fused-ring (bicyclic) bond motifs is 5. The van der Waals surface area contributed by atoms with Gasteiger partial charge in [0.05, 0.1) is 30.6 Å². The molecule has 318 valence electrons. The first-order valence-electron chi connectivity index (χ1n) is 20.6. The van der Waals surface area contributed by atoms with Gasteiger partial charge in [0, 0.05) is 29.7 Å². The first kappa shape index (κ1) is 43.1. The number of alkyl halides is 1. The van der Waals surface area contributed by atoms with Gasteiger partial charge in [-0.3, -0.25) is 19.1 Å². The number of rotatable bonds is 10. The number of benzene rings is 1. The van der Waals surface area contributed by atoms with E-state index >= 15 is 4.39 Å². The molecule has 4 amide bonds. The Labute approximate surface area is 340 Å². The van der Waals surface area contributed by atoms with Gasteiger partial charge in [-0.1, -0.05) is 58.6 Å². The first-order chi connectivity index (χ1) is 27.5. The largest absolute Gasteiger partial charge is 0.497 e. The number of aromatic nitrogens is 1. The zero-order valence-electron chi connectivity index (χ0n) is 34.4. The van der Waals surface area contributed by atoms with Crippen LogP contribution in [-0.2, 0) is 29.1 Å². The number of halogens is 1. The van der Waals surface area contributed by atoms with Crippen molar-refractivity contribution in [2.24, 2.45) is 11.8 Å². The summed E-state index contributed by atoms with van der Waals surface area (Å²) >= 11 is 0. The highest BCUT2D eigenvalue weighted by atomic mass is 32.2. The number of alkyl carbamates (subject to hydrolysis) is 1. The minimum atomic E-state index is -4.00. The summed E-state index contributed by atoms with van der Waals surface area (Å²) in [6.45, 7) is 9.02. The second-order valence-corrected chi connectivity index (χ2v) is 18.7. The van der Waals surface area contributed by atoms with Crippen LogP contribution in [0.15, 0.2) is 30.4 Å². The van der Waals surface area contributed by atoms with E-state index in [0.717, 1.165) is 19.3 Å². The summed E-state index contributed by atoms with van der Waals surface area (Å²) < 4.78 is 62.8. The molecule has 3 aliphatic heterocycles. The van der Waals surface area contributed by atoms with Gasteiger partial charge in [0.2, 0.25) is 21.8 Å². The molecule has 2 aromatic rings. The molecule has 0 radical (unpaired) electrons. The van der Waals surface area contributed by atoms with E-state index in [1.165, 1.54) is 12.0 Å². The van der Waals surface area contributed by atoms with Crippen molar-refractivity contribution in [2.45, 2.75) is 141 Å². The van der Waals surface area contributed by atoms with E-state index in [1.807, 2.05) is 32.9 Å². The van der Waals surface area contributed by atoms with Crippen LogP contribution in [0.1, 0.15) is 116 Å². The topological polar surface area (TPSA) is 182 Å². The number of pyridine rings is 1. The number of aryl methyl sites for hydroxylation is 1. The summed E-state index contributed by atoms with van der Waals surface area (Å²) in [6, 6.07) is 2.83. The van der Waals surface area contributed by atoms with Crippen LogP contribution >= 0.6 is 0 Å². The smallest absolute Gasteiger partial charge is 0.408 e. The van der Waals surface area contributed by atoms with Crippen molar-refractivity contribution in [1.82, 2.24) is 25.2 Å². The number of nitrogens with one attached hydrogen (secondary N) is 3. The Morgan fingerprint density at radius 1 is 1.12 bits per heavy atom. The van der Waals surface area contributed by atoms with E-state index in [-0.39, 0.29) is 49.6 Å². The van der Waals surface area contributed by atoms with E-state index in [0.29, 0.717) is 53.6 Å². The number of carbonyl (C=O) groups excluding carboxylic acids is 4. The van der Waals surface area contributed by atoms with Gasteiger partial charge in [-0.2, -0.15) is 0 Å². The Hall–Kier alpha value is -4.47. The molecule has 4 aliphatic rings. The van der Waals surface area contributed by atoms with E-state index in [2.05, 4.69) is 20.3 Å². The quantitative estimate of drug-likeness (QED) is 0.194. The van der Waals surface area contributed by atoms with Crippen LogP contribution in [0, 0.1) is 18.8 Å². The number of ether oxygens (including phenoxy) is 3. The van der Waals surface area contributed by atoms with Gasteiger partial charge in [0.25, 0.3) is 5.91 Å². The molecule has 58 heavy (non-hydrogen) atoms. The van der Waals surface area contributed by atoms with Crippen LogP contribution in [0.2, 0.25) is 0 Å². The van der Waals surface area contributed by atoms with Crippen LogP contribution in [0.5, 0.6) is 11.5 Å². The maximum atomic E-state index is 16.8. The Balaban J connectivity index is 1.37. The molecule has 7 atom stereocenters. The third-order valence-electron chi connectivity index (χ3n) is 12.1. The molecule has 1 saturated heterocycles. The number of carbonyl (C=O) groups is 4. The molecule has 1 saturated carbocycles. The number of amides is 4. The Kier molecular flexibility index (Phi) is 12.9. The lowest BCUT2D eigenvalue weighted by atomic mass is 9.86. The van der Waals surface area contributed by atoms with Gasteiger partial charge in [-0.15, -0.1) is 0 Å². The van der Waals surface area contributed by atoms with Gasteiger partial charge >= 0.3 is 6.09 Å². The monoisotopic (exact) mass is 827 g/mol. The number of sulfonamides is 1. The second kappa shape index (κ2) is 17.4. The lowest BCUT2D eigenvalue weighted by Crippen LogP contribution is -2.58. The molecule has 4 heterocycles. The normalized spacial score (nSPS) is 28.0. The molecular weight excluding hydrogens is 770 g/mol. The van der Waals surface area contributed by atoms with Gasteiger partial charge in [0.15, 0.2) is 0 Å². The molecule has 3 N–H and O–H groups in total. The Morgan fingerprint density at radius 3 is 2.62 bits per heavy atom. The van der Waals surface area contributed by atoms with Gasteiger partial charge in [0.1, 0.15) is 47.0 Å².